The average molecular weight is 449 g/mol. The van der Waals surface area contributed by atoms with Gasteiger partial charge in [0.1, 0.15) is 24.2 Å². The summed E-state index contributed by atoms with van der Waals surface area (Å²) in [7, 11) is 0. The molecule has 1 saturated carbocycles. The number of aromatic nitrogens is 2. The first kappa shape index (κ1) is 22.4. The first-order valence-corrected chi connectivity index (χ1v) is 10.8. The molecule has 0 amide bonds. The van der Waals surface area contributed by atoms with E-state index in [1.54, 1.807) is 11.8 Å². The molecule has 2 heterocycles. The third kappa shape index (κ3) is 5.31. The predicted octanol–water partition coefficient (Wildman–Crippen LogP) is 4.39. The molecule has 0 bridgehead atoms. The molecule has 0 N–H and O–H groups in total. The van der Waals surface area contributed by atoms with Gasteiger partial charge in [0.15, 0.2) is 11.6 Å². The number of hydrogen-bond donors (Lipinski definition) is 0. The van der Waals surface area contributed by atoms with Gasteiger partial charge >= 0.3 is 6.01 Å². The van der Waals surface area contributed by atoms with Crippen molar-refractivity contribution in [3.63, 3.8) is 0 Å². The first-order valence-electron chi connectivity index (χ1n) is 10.8. The molecule has 32 heavy (non-hydrogen) atoms. The maximum atomic E-state index is 14.3. The number of carbonyl (C=O) groups excluding carboxylic acids is 1. The van der Waals surface area contributed by atoms with Crippen LogP contribution in [0.1, 0.15) is 44.6 Å². The second-order valence-electron chi connectivity index (χ2n) is 8.65. The number of halogens is 3. The lowest BCUT2D eigenvalue weighted by Gasteiger charge is -2.19. The largest absolute Gasteiger partial charge is 0.489 e. The zero-order valence-electron chi connectivity index (χ0n) is 18.1. The topological polar surface area (TPSA) is 64.5 Å². The molecule has 2 fully saturated rings. The molecule has 1 saturated heterocycles. The number of benzene rings is 1. The number of ether oxygens (including phenoxy) is 2. The molecule has 172 valence electrons. The molecule has 1 aromatic heterocycles. The van der Waals surface area contributed by atoms with E-state index < -0.39 is 17.7 Å². The summed E-state index contributed by atoms with van der Waals surface area (Å²) in [5.74, 6) is -3.04. The van der Waals surface area contributed by atoms with Crippen molar-refractivity contribution < 1.29 is 27.4 Å². The summed E-state index contributed by atoms with van der Waals surface area (Å²) in [6, 6.07) is 7.54. The summed E-state index contributed by atoms with van der Waals surface area (Å²) >= 11 is 0. The Labute approximate surface area is 184 Å². The van der Waals surface area contributed by atoms with Crippen LogP contribution in [0.15, 0.2) is 30.5 Å². The highest BCUT2D eigenvalue weighted by Crippen LogP contribution is 2.48. The van der Waals surface area contributed by atoms with E-state index >= 15 is 0 Å². The van der Waals surface area contributed by atoms with Gasteiger partial charge in [0, 0.05) is 25.8 Å². The fourth-order valence-electron chi connectivity index (χ4n) is 3.89. The Bertz CT molecular complexity index is 971. The second kappa shape index (κ2) is 8.96. The van der Waals surface area contributed by atoms with Gasteiger partial charge in [-0.15, -0.1) is 0 Å². The van der Waals surface area contributed by atoms with Crippen LogP contribution >= 0.6 is 0 Å². The van der Waals surface area contributed by atoms with Crippen molar-refractivity contribution in [2.24, 2.45) is 5.92 Å². The number of ketones is 1. The number of anilines is 1. The fourth-order valence-corrected chi connectivity index (χ4v) is 3.89. The standard InChI is InChI=1S/C23H26F3N3O3/c1-14(9-15(2)30)16-3-5-18(6-4-16)32-19-7-8-29(12-19)21-20(24)11-27-22(28-21)31-13-17-10-23(17,25)26/h3-6,11,14,17,19H,7-10,12-13H2,1-2H3/t14-,17?,19-/m1/s1. The minimum absolute atomic E-state index is 0.0806. The minimum atomic E-state index is -2.69. The van der Waals surface area contributed by atoms with E-state index in [9.17, 15) is 18.0 Å². The van der Waals surface area contributed by atoms with Crippen LogP contribution in [-0.4, -0.2) is 47.5 Å². The quantitative estimate of drug-likeness (QED) is 0.566. The molecule has 0 spiro atoms. The molecule has 9 heteroatoms. The maximum Gasteiger partial charge on any atom is 0.318 e. The summed E-state index contributed by atoms with van der Waals surface area (Å²) in [4.78, 5) is 20.9. The highest BCUT2D eigenvalue weighted by molar-refractivity contribution is 5.76. The van der Waals surface area contributed by atoms with E-state index in [0.29, 0.717) is 31.7 Å². The minimum Gasteiger partial charge on any atom is -0.489 e. The lowest BCUT2D eigenvalue weighted by molar-refractivity contribution is -0.117. The lowest BCUT2D eigenvalue weighted by Crippen LogP contribution is -2.26. The van der Waals surface area contributed by atoms with Crippen LogP contribution in [0.4, 0.5) is 19.0 Å². The molecule has 3 atom stereocenters. The van der Waals surface area contributed by atoms with Gasteiger partial charge in [-0.3, -0.25) is 0 Å². The normalized spacial score (nSPS) is 22.5. The first-order chi connectivity index (χ1) is 15.2. The molecular formula is C23H26F3N3O3. The van der Waals surface area contributed by atoms with Crippen LogP contribution < -0.4 is 14.4 Å². The number of rotatable bonds is 9. The van der Waals surface area contributed by atoms with E-state index in [4.69, 9.17) is 9.47 Å². The van der Waals surface area contributed by atoms with Gasteiger partial charge in [0.05, 0.1) is 18.7 Å². The monoisotopic (exact) mass is 449 g/mol. The maximum absolute atomic E-state index is 14.3. The Kier molecular flexibility index (Phi) is 6.26. The van der Waals surface area contributed by atoms with Gasteiger partial charge in [0.25, 0.3) is 5.92 Å². The van der Waals surface area contributed by atoms with Crippen molar-refractivity contribution in [1.82, 2.24) is 9.97 Å². The van der Waals surface area contributed by atoms with Crippen LogP contribution in [0.2, 0.25) is 0 Å². The van der Waals surface area contributed by atoms with Crippen molar-refractivity contribution in [1.29, 1.82) is 0 Å². The summed E-state index contributed by atoms with van der Waals surface area (Å²) in [6.07, 6.45) is 1.81. The van der Waals surface area contributed by atoms with Gasteiger partial charge in [-0.2, -0.15) is 4.98 Å². The number of carbonyl (C=O) groups is 1. The number of hydrogen-bond acceptors (Lipinski definition) is 6. The number of nitrogens with zero attached hydrogens (tertiary/aromatic N) is 3. The van der Waals surface area contributed by atoms with Crippen molar-refractivity contribution in [2.45, 2.75) is 51.1 Å². The van der Waals surface area contributed by atoms with E-state index in [0.717, 1.165) is 11.8 Å². The molecule has 2 aliphatic rings. The van der Waals surface area contributed by atoms with Crippen LogP contribution in [0.25, 0.3) is 0 Å². The van der Waals surface area contributed by atoms with Crippen LogP contribution in [-0.2, 0) is 4.79 Å². The Hall–Kier alpha value is -2.84. The van der Waals surface area contributed by atoms with E-state index in [-0.39, 0.29) is 42.7 Å². The van der Waals surface area contributed by atoms with Gasteiger partial charge in [0.2, 0.25) is 0 Å². The molecule has 1 aromatic carbocycles. The van der Waals surface area contributed by atoms with Crippen molar-refractivity contribution in [3.8, 4) is 11.8 Å². The van der Waals surface area contributed by atoms with Crippen molar-refractivity contribution in [3.05, 3.63) is 41.8 Å². The Balaban J connectivity index is 1.33. The number of alkyl halides is 2. The van der Waals surface area contributed by atoms with Crippen LogP contribution in [0.3, 0.4) is 0 Å². The Morgan fingerprint density at radius 3 is 2.69 bits per heavy atom. The zero-order valence-corrected chi connectivity index (χ0v) is 18.1. The molecule has 1 unspecified atom stereocenters. The molecule has 4 rings (SSSR count). The summed E-state index contributed by atoms with van der Waals surface area (Å²) in [6.45, 7) is 4.37. The van der Waals surface area contributed by atoms with E-state index in [1.807, 2.05) is 31.2 Å². The van der Waals surface area contributed by atoms with Gasteiger partial charge in [-0.05, 0) is 30.5 Å². The fraction of sp³-hybridized carbons (Fsp3) is 0.522. The van der Waals surface area contributed by atoms with Gasteiger partial charge in [-0.1, -0.05) is 19.1 Å². The predicted molar refractivity (Wildman–Crippen MR) is 112 cm³/mol. The van der Waals surface area contributed by atoms with Crippen molar-refractivity contribution >= 4 is 11.6 Å². The third-order valence-electron chi connectivity index (χ3n) is 5.86. The molecule has 0 radical (unpaired) electrons. The molecular weight excluding hydrogens is 423 g/mol. The second-order valence-corrected chi connectivity index (χ2v) is 8.65. The Morgan fingerprint density at radius 1 is 1.31 bits per heavy atom. The molecule has 2 aromatic rings. The van der Waals surface area contributed by atoms with Crippen LogP contribution in [0.5, 0.6) is 11.8 Å². The zero-order chi connectivity index (χ0) is 22.9. The highest BCUT2D eigenvalue weighted by Gasteiger charge is 2.57. The van der Waals surface area contributed by atoms with Crippen molar-refractivity contribution in [2.75, 3.05) is 24.6 Å². The highest BCUT2D eigenvalue weighted by atomic mass is 19.3. The average Bonchev–Trinajstić information content (AvgIpc) is 3.12. The summed E-state index contributed by atoms with van der Waals surface area (Å²) in [5.41, 5.74) is 1.07. The van der Waals surface area contributed by atoms with Gasteiger partial charge in [-0.25, -0.2) is 18.2 Å². The van der Waals surface area contributed by atoms with Gasteiger partial charge < -0.3 is 19.2 Å². The number of Topliss-reactive ketones (excluding diaryl/α,β-unsaturated/α-hetero) is 1. The molecule has 6 nitrogen and oxygen atoms in total. The van der Waals surface area contributed by atoms with E-state index in [1.165, 1.54) is 0 Å². The molecule has 1 aliphatic carbocycles. The molecule has 1 aliphatic heterocycles. The smallest absolute Gasteiger partial charge is 0.318 e. The SMILES string of the molecule is CC(=O)C[C@@H](C)c1ccc(O[C@@H]2CCN(c3nc(OCC4CC4(F)F)ncc3F)C2)cc1. The van der Waals surface area contributed by atoms with Crippen LogP contribution in [0, 0.1) is 11.7 Å². The van der Waals surface area contributed by atoms with E-state index in [2.05, 4.69) is 9.97 Å². The lowest BCUT2D eigenvalue weighted by atomic mass is 9.96. The summed E-state index contributed by atoms with van der Waals surface area (Å²) in [5, 5.41) is 0. The summed E-state index contributed by atoms with van der Waals surface area (Å²) < 4.78 is 51.6. The third-order valence-corrected chi connectivity index (χ3v) is 5.86. The Morgan fingerprint density at radius 2 is 2.03 bits per heavy atom.